The van der Waals surface area contributed by atoms with Crippen molar-refractivity contribution in [3.05, 3.63) is 60.3 Å². The Balaban J connectivity index is 0.00000199. The van der Waals surface area contributed by atoms with Crippen LogP contribution in [-0.4, -0.2) is 73.1 Å². The van der Waals surface area contributed by atoms with Crippen molar-refractivity contribution < 1.29 is 14.3 Å². The highest BCUT2D eigenvalue weighted by atomic mass is 16.5. The van der Waals surface area contributed by atoms with E-state index in [0.717, 1.165) is 68.4 Å². The molecular formula is C27H40N4O3. The number of carbonyl (C=O) groups excluding carboxylic acids is 1. The van der Waals surface area contributed by atoms with E-state index in [1.165, 1.54) is 0 Å². The highest BCUT2D eigenvalue weighted by Gasteiger charge is 2.11. The summed E-state index contributed by atoms with van der Waals surface area (Å²) in [6, 6.07) is 9.52. The first-order valence-electron chi connectivity index (χ1n) is 12.2. The first-order chi connectivity index (χ1) is 16.5. The van der Waals surface area contributed by atoms with Gasteiger partial charge in [-0.25, -0.2) is 0 Å². The van der Waals surface area contributed by atoms with Gasteiger partial charge in [0.05, 0.1) is 31.2 Å². The van der Waals surface area contributed by atoms with Crippen LogP contribution >= 0.6 is 0 Å². The second-order valence-electron chi connectivity index (χ2n) is 8.19. The molecule has 2 heterocycles. The summed E-state index contributed by atoms with van der Waals surface area (Å²) >= 11 is 0. The number of ether oxygens (including phenoxy) is 2. The number of H-pyrrole nitrogens is 1. The van der Waals surface area contributed by atoms with Gasteiger partial charge in [-0.15, -0.1) is 0 Å². The zero-order valence-electron chi connectivity index (χ0n) is 21.1. The predicted octanol–water partition coefficient (Wildman–Crippen LogP) is 4.55. The van der Waals surface area contributed by atoms with Crippen LogP contribution in [0.15, 0.2) is 49.1 Å². The maximum Gasteiger partial charge on any atom is 0.251 e. The Labute approximate surface area is 204 Å². The molecule has 7 nitrogen and oxygen atoms in total. The third-order valence-electron chi connectivity index (χ3n) is 5.16. The molecule has 0 spiro atoms. The van der Waals surface area contributed by atoms with E-state index >= 15 is 0 Å². The Kier molecular flexibility index (Phi) is 12.3. The summed E-state index contributed by atoms with van der Waals surface area (Å²) in [6.07, 6.45) is 4.91. The van der Waals surface area contributed by atoms with Gasteiger partial charge in [-0.05, 0) is 44.0 Å². The molecule has 1 aliphatic rings. The number of rotatable bonds is 11. The van der Waals surface area contributed by atoms with Crippen molar-refractivity contribution in [1.82, 2.24) is 20.4 Å². The second-order valence-corrected chi connectivity index (χ2v) is 8.19. The van der Waals surface area contributed by atoms with Crippen molar-refractivity contribution in [2.24, 2.45) is 0 Å². The quantitative estimate of drug-likeness (QED) is 0.374. The van der Waals surface area contributed by atoms with E-state index < -0.39 is 0 Å². The summed E-state index contributed by atoms with van der Waals surface area (Å²) in [5.41, 5.74) is 3.93. The van der Waals surface area contributed by atoms with Crippen LogP contribution in [0.25, 0.3) is 16.8 Å². The Morgan fingerprint density at radius 3 is 2.79 bits per heavy atom. The average molecular weight is 469 g/mol. The number of hydrogen-bond acceptors (Lipinski definition) is 5. The van der Waals surface area contributed by atoms with E-state index in [1.807, 2.05) is 64.1 Å². The SMILES string of the molecule is C=C(/C=C\COCCCN1CCOCC1)c1cc(-c2cccc(C(=O)NC(C)C)c2)[nH]n1.CC. The molecule has 0 bridgehead atoms. The van der Waals surface area contributed by atoms with Crippen molar-refractivity contribution in [3.63, 3.8) is 0 Å². The van der Waals surface area contributed by atoms with E-state index in [4.69, 9.17) is 9.47 Å². The monoisotopic (exact) mass is 468 g/mol. The van der Waals surface area contributed by atoms with Gasteiger partial charge in [0.15, 0.2) is 0 Å². The van der Waals surface area contributed by atoms with E-state index in [-0.39, 0.29) is 11.9 Å². The largest absolute Gasteiger partial charge is 0.379 e. The fraction of sp³-hybridized carbons (Fsp3) is 0.481. The topological polar surface area (TPSA) is 79.5 Å². The predicted molar refractivity (Wildman–Crippen MR) is 139 cm³/mol. The van der Waals surface area contributed by atoms with Crippen LogP contribution in [0, 0.1) is 0 Å². The molecule has 3 rings (SSSR count). The molecule has 1 fully saturated rings. The molecule has 1 saturated heterocycles. The van der Waals surface area contributed by atoms with Crippen molar-refractivity contribution in [3.8, 4) is 11.3 Å². The van der Waals surface area contributed by atoms with E-state index in [1.54, 1.807) is 6.07 Å². The Morgan fingerprint density at radius 2 is 2.06 bits per heavy atom. The Morgan fingerprint density at radius 1 is 1.29 bits per heavy atom. The lowest BCUT2D eigenvalue weighted by Crippen LogP contribution is -2.37. The van der Waals surface area contributed by atoms with Crippen LogP contribution in [0.2, 0.25) is 0 Å². The molecule has 0 unspecified atom stereocenters. The number of allylic oxidation sites excluding steroid dienone is 2. The fourth-order valence-corrected chi connectivity index (χ4v) is 3.45. The van der Waals surface area contributed by atoms with Gasteiger partial charge < -0.3 is 14.8 Å². The normalized spacial score (nSPS) is 14.1. The zero-order chi connectivity index (χ0) is 24.8. The second kappa shape index (κ2) is 15.2. The summed E-state index contributed by atoms with van der Waals surface area (Å²) in [4.78, 5) is 14.7. The number of morpholine rings is 1. The molecular weight excluding hydrogens is 428 g/mol. The van der Waals surface area contributed by atoms with Gasteiger partial charge in [-0.1, -0.05) is 44.7 Å². The first-order valence-corrected chi connectivity index (χ1v) is 12.2. The average Bonchev–Trinajstić information content (AvgIpc) is 3.35. The molecule has 186 valence electrons. The van der Waals surface area contributed by atoms with Crippen molar-refractivity contribution in [1.29, 1.82) is 0 Å². The molecule has 0 aliphatic carbocycles. The van der Waals surface area contributed by atoms with Gasteiger partial charge in [0, 0.05) is 43.4 Å². The number of aromatic amines is 1. The van der Waals surface area contributed by atoms with Gasteiger partial charge in [-0.2, -0.15) is 5.10 Å². The lowest BCUT2D eigenvalue weighted by molar-refractivity contribution is 0.0330. The van der Waals surface area contributed by atoms with Gasteiger partial charge >= 0.3 is 0 Å². The van der Waals surface area contributed by atoms with Gasteiger partial charge in [0.2, 0.25) is 0 Å². The number of benzene rings is 1. The fourth-order valence-electron chi connectivity index (χ4n) is 3.45. The molecule has 0 atom stereocenters. The highest BCUT2D eigenvalue weighted by Crippen LogP contribution is 2.22. The number of carbonyl (C=O) groups is 1. The molecule has 1 amide bonds. The molecule has 34 heavy (non-hydrogen) atoms. The number of nitrogens with one attached hydrogen (secondary N) is 2. The van der Waals surface area contributed by atoms with E-state index in [2.05, 4.69) is 27.0 Å². The number of amides is 1. The lowest BCUT2D eigenvalue weighted by Gasteiger charge is -2.26. The molecule has 2 N–H and O–H groups in total. The number of aromatic nitrogens is 2. The van der Waals surface area contributed by atoms with Crippen LogP contribution in [0.3, 0.4) is 0 Å². The highest BCUT2D eigenvalue weighted by molar-refractivity contribution is 5.95. The Bertz CT molecular complexity index is 914. The molecule has 1 aromatic heterocycles. The maximum atomic E-state index is 12.3. The van der Waals surface area contributed by atoms with Crippen molar-refractivity contribution >= 4 is 11.5 Å². The van der Waals surface area contributed by atoms with Gasteiger partial charge in [-0.3, -0.25) is 14.8 Å². The molecule has 1 aromatic carbocycles. The summed E-state index contributed by atoms with van der Waals surface area (Å²) < 4.78 is 11.1. The summed E-state index contributed by atoms with van der Waals surface area (Å²) in [7, 11) is 0. The molecule has 0 radical (unpaired) electrons. The third-order valence-corrected chi connectivity index (χ3v) is 5.16. The summed E-state index contributed by atoms with van der Waals surface area (Å²) in [5.74, 6) is -0.0844. The molecule has 7 heteroatoms. The number of hydrogen-bond donors (Lipinski definition) is 2. The van der Waals surface area contributed by atoms with Gasteiger partial charge in [0.25, 0.3) is 5.91 Å². The van der Waals surface area contributed by atoms with Crippen LogP contribution in [0.5, 0.6) is 0 Å². The molecule has 1 aliphatic heterocycles. The van der Waals surface area contributed by atoms with E-state index in [9.17, 15) is 4.79 Å². The smallest absolute Gasteiger partial charge is 0.251 e. The number of nitrogens with zero attached hydrogens (tertiary/aromatic N) is 2. The van der Waals surface area contributed by atoms with E-state index in [0.29, 0.717) is 12.2 Å². The van der Waals surface area contributed by atoms with Gasteiger partial charge in [0.1, 0.15) is 0 Å². The van der Waals surface area contributed by atoms with Crippen molar-refractivity contribution in [2.75, 3.05) is 46.1 Å². The zero-order valence-corrected chi connectivity index (χ0v) is 21.1. The maximum absolute atomic E-state index is 12.3. The van der Waals surface area contributed by atoms with Crippen LogP contribution < -0.4 is 5.32 Å². The first kappa shape index (κ1) is 27.5. The third kappa shape index (κ3) is 9.25. The van der Waals surface area contributed by atoms with Crippen LogP contribution in [0.1, 0.15) is 50.2 Å². The minimum absolute atomic E-state index is 0.0844. The minimum atomic E-state index is -0.0844. The van der Waals surface area contributed by atoms with Crippen LogP contribution in [0.4, 0.5) is 0 Å². The molecule has 0 saturated carbocycles. The lowest BCUT2D eigenvalue weighted by atomic mass is 10.1. The van der Waals surface area contributed by atoms with Crippen molar-refractivity contribution in [2.45, 2.75) is 40.2 Å². The van der Waals surface area contributed by atoms with Crippen LogP contribution in [-0.2, 0) is 9.47 Å². The standard InChI is InChI=1S/C25H34N4O3.C2H6/c1-19(2)26-25(30)22-9-4-8-21(17-22)24-18-23(27-28-24)20(3)7-5-13-31-14-6-10-29-11-15-32-16-12-29;1-2/h4-5,7-9,17-19H,3,6,10-16H2,1-2H3,(H,26,30)(H,27,28);1-2H3/b7-5-;. The summed E-state index contributed by atoms with van der Waals surface area (Å²) in [6.45, 7) is 18.0. The summed E-state index contributed by atoms with van der Waals surface area (Å²) in [5, 5.41) is 10.3. The molecule has 2 aromatic rings. The Hall–Kier alpha value is -2.74. The minimum Gasteiger partial charge on any atom is -0.379 e.